The van der Waals surface area contributed by atoms with Gasteiger partial charge in [0.15, 0.2) is 0 Å². The fraction of sp³-hybridized carbons (Fsp3) is 0.385. The number of H-pyrrole nitrogens is 1. The van der Waals surface area contributed by atoms with Gasteiger partial charge in [-0.15, -0.1) is 0 Å². The van der Waals surface area contributed by atoms with Gasteiger partial charge in [-0.05, 0) is 25.1 Å². The van der Waals surface area contributed by atoms with Gasteiger partial charge in [-0.1, -0.05) is 13.8 Å². The average molecular weight is 233 g/mol. The molecule has 92 valence electrons. The Labute approximate surface area is 102 Å². The van der Waals surface area contributed by atoms with Crippen LogP contribution in [0, 0.1) is 6.92 Å². The Morgan fingerprint density at radius 3 is 2.53 bits per heavy atom. The van der Waals surface area contributed by atoms with E-state index in [4.69, 9.17) is 0 Å². The van der Waals surface area contributed by atoms with Crippen molar-refractivity contribution in [2.45, 2.75) is 20.8 Å². The van der Waals surface area contributed by atoms with Crippen molar-refractivity contribution in [2.24, 2.45) is 0 Å². The molecule has 0 aliphatic heterocycles. The standard InChI is InChI=1S/C11H13N3O.C2H6/c1-7-4-5-8-6-9(11(15)14(2)3)13-10(8)12-7;1-2/h4-6H,1-3H3,(H,12,13);1-2H3. The van der Waals surface area contributed by atoms with Crippen LogP contribution in [0.25, 0.3) is 11.0 Å². The van der Waals surface area contributed by atoms with Gasteiger partial charge in [-0.25, -0.2) is 4.98 Å². The zero-order valence-corrected chi connectivity index (χ0v) is 11.0. The quantitative estimate of drug-likeness (QED) is 0.823. The molecule has 4 nitrogen and oxygen atoms in total. The van der Waals surface area contributed by atoms with Gasteiger partial charge in [0, 0.05) is 25.2 Å². The number of hydrogen-bond donors (Lipinski definition) is 1. The number of amides is 1. The first-order valence-electron chi connectivity index (χ1n) is 5.76. The summed E-state index contributed by atoms with van der Waals surface area (Å²) in [6.07, 6.45) is 0. The highest BCUT2D eigenvalue weighted by molar-refractivity contribution is 5.96. The molecule has 0 aliphatic rings. The summed E-state index contributed by atoms with van der Waals surface area (Å²) in [5.41, 5.74) is 2.28. The lowest BCUT2D eigenvalue weighted by atomic mass is 10.3. The van der Waals surface area contributed by atoms with E-state index in [2.05, 4.69) is 9.97 Å². The molecule has 1 amide bonds. The molecule has 0 spiro atoms. The molecule has 4 heteroatoms. The third-order valence-electron chi connectivity index (χ3n) is 2.26. The fourth-order valence-electron chi connectivity index (χ4n) is 1.46. The van der Waals surface area contributed by atoms with Crippen molar-refractivity contribution in [2.75, 3.05) is 14.1 Å². The van der Waals surface area contributed by atoms with Crippen molar-refractivity contribution in [3.8, 4) is 0 Å². The van der Waals surface area contributed by atoms with Crippen LogP contribution in [0.2, 0.25) is 0 Å². The minimum absolute atomic E-state index is 0.0364. The Bertz CT molecular complexity index is 514. The Balaban J connectivity index is 0.000000686. The van der Waals surface area contributed by atoms with Crippen LogP contribution in [-0.2, 0) is 0 Å². The molecule has 0 radical (unpaired) electrons. The maximum atomic E-state index is 11.7. The molecular weight excluding hydrogens is 214 g/mol. The van der Waals surface area contributed by atoms with Gasteiger partial charge in [0.05, 0.1) is 0 Å². The highest BCUT2D eigenvalue weighted by atomic mass is 16.2. The van der Waals surface area contributed by atoms with Gasteiger partial charge in [0.1, 0.15) is 11.3 Å². The topological polar surface area (TPSA) is 49.0 Å². The second-order valence-corrected chi connectivity index (χ2v) is 3.77. The minimum atomic E-state index is -0.0364. The highest BCUT2D eigenvalue weighted by Crippen LogP contribution is 2.14. The van der Waals surface area contributed by atoms with Crippen LogP contribution < -0.4 is 0 Å². The Kier molecular flexibility index (Phi) is 4.26. The molecular formula is C13H19N3O. The first-order chi connectivity index (χ1) is 8.08. The molecule has 2 aromatic heterocycles. The van der Waals surface area contributed by atoms with Crippen molar-refractivity contribution in [3.63, 3.8) is 0 Å². The lowest BCUT2D eigenvalue weighted by Crippen LogP contribution is -2.21. The highest BCUT2D eigenvalue weighted by Gasteiger charge is 2.11. The lowest BCUT2D eigenvalue weighted by molar-refractivity contribution is 0.0823. The van der Waals surface area contributed by atoms with Crippen LogP contribution in [0.5, 0.6) is 0 Å². The maximum absolute atomic E-state index is 11.7. The molecule has 2 heterocycles. The number of nitrogens with one attached hydrogen (secondary N) is 1. The van der Waals surface area contributed by atoms with Crippen LogP contribution in [-0.4, -0.2) is 34.9 Å². The average Bonchev–Trinajstić information content (AvgIpc) is 2.73. The van der Waals surface area contributed by atoms with Crippen molar-refractivity contribution >= 4 is 16.9 Å². The van der Waals surface area contributed by atoms with E-state index in [0.717, 1.165) is 16.7 Å². The SMILES string of the molecule is CC.Cc1ccc2cc(C(=O)N(C)C)[nH]c2n1. The summed E-state index contributed by atoms with van der Waals surface area (Å²) in [6, 6.07) is 5.71. The number of aromatic amines is 1. The van der Waals surface area contributed by atoms with E-state index in [1.807, 2.05) is 39.0 Å². The second kappa shape index (κ2) is 5.48. The number of carbonyl (C=O) groups excluding carboxylic acids is 1. The van der Waals surface area contributed by atoms with Gasteiger partial charge in [0.2, 0.25) is 0 Å². The van der Waals surface area contributed by atoms with Gasteiger partial charge < -0.3 is 9.88 Å². The monoisotopic (exact) mass is 233 g/mol. The van der Waals surface area contributed by atoms with Gasteiger partial charge in [-0.2, -0.15) is 0 Å². The van der Waals surface area contributed by atoms with Gasteiger partial charge >= 0.3 is 0 Å². The molecule has 0 saturated carbocycles. The van der Waals surface area contributed by atoms with Crippen LogP contribution in [0.1, 0.15) is 30.0 Å². The zero-order chi connectivity index (χ0) is 13.0. The lowest BCUT2D eigenvalue weighted by Gasteiger charge is -2.07. The molecule has 0 fully saturated rings. The predicted molar refractivity (Wildman–Crippen MR) is 70.2 cm³/mol. The Morgan fingerprint density at radius 1 is 1.29 bits per heavy atom. The van der Waals surface area contributed by atoms with Crippen molar-refractivity contribution in [1.29, 1.82) is 0 Å². The number of pyridine rings is 1. The maximum Gasteiger partial charge on any atom is 0.269 e. The number of aryl methyl sites for hydroxylation is 1. The second-order valence-electron chi connectivity index (χ2n) is 3.77. The minimum Gasteiger partial charge on any atom is -0.344 e. The number of aromatic nitrogens is 2. The van der Waals surface area contributed by atoms with E-state index >= 15 is 0 Å². The van der Waals surface area contributed by atoms with E-state index in [1.54, 1.807) is 14.1 Å². The van der Waals surface area contributed by atoms with E-state index in [9.17, 15) is 4.79 Å². The smallest absolute Gasteiger partial charge is 0.269 e. The van der Waals surface area contributed by atoms with Crippen LogP contribution in [0.15, 0.2) is 18.2 Å². The zero-order valence-electron chi connectivity index (χ0n) is 11.0. The van der Waals surface area contributed by atoms with Crippen molar-refractivity contribution in [1.82, 2.24) is 14.9 Å². The van der Waals surface area contributed by atoms with E-state index in [0.29, 0.717) is 5.69 Å². The Morgan fingerprint density at radius 2 is 1.94 bits per heavy atom. The first-order valence-corrected chi connectivity index (χ1v) is 5.76. The third kappa shape index (κ3) is 2.84. The molecule has 0 bridgehead atoms. The number of hydrogen-bond acceptors (Lipinski definition) is 2. The molecule has 0 unspecified atom stereocenters. The first kappa shape index (κ1) is 13.2. The molecule has 0 aromatic carbocycles. The number of rotatable bonds is 1. The van der Waals surface area contributed by atoms with Crippen molar-refractivity contribution in [3.05, 3.63) is 29.6 Å². The Hall–Kier alpha value is -1.84. The molecule has 0 atom stereocenters. The largest absolute Gasteiger partial charge is 0.344 e. The number of fused-ring (bicyclic) bond motifs is 1. The summed E-state index contributed by atoms with van der Waals surface area (Å²) in [4.78, 5) is 20.5. The summed E-state index contributed by atoms with van der Waals surface area (Å²) >= 11 is 0. The normalized spacial score (nSPS) is 9.71. The number of nitrogens with zero attached hydrogens (tertiary/aromatic N) is 2. The molecule has 17 heavy (non-hydrogen) atoms. The predicted octanol–water partition coefficient (Wildman–Crippen LogP) is 2.60. The molecule has 0 saturated heterocycles. The van der Waals surface area contributed by atoms with Gasteiger partial charge in [-0.3, -0.25) is 4.79 Å². The van der Waals surface area contributed by atoms with Crippen LogP contribution in [0.3, 0.4) is 0 Å². The molecule has 0 aliphatic carbocycles. The summed E-state index contributed by atoms with van der Waals surface area (Å²) in [5.74, 6) is -0.0364. The van der Waals surface area contributed by atoms with E-state index < -0.39 is 0 Å². The third-order valence-corrected chi connectivity index (χ3v) is 2.26. The summed E-state index contributed by atoms with van der Waals surface area (Å²) < 4.78 is 0. The molecule has 2 aromatic rings. The van der Waals surface area contributed by atoms with Crippen LogP contribution in [0.4, 0.5) is 0 Å². The summed E-state index contributed by atoms with van der Waals surface area (Å²) in [6.45, 7) is 5.92. The molecule has 2 rings (SSSR count). The summed E-state index contributed by atoms with van der Waals surface area (Å²) in [5, 5.41) is 0.964. The van der Waals surface area contributed by atoms with E-state index in [1.165, 1.54) is 4.90 Å². The van der Waals surface area contributed by atoms with E-state index in [-0.39, 0.29) is 5.91 Å². The number of carbonyl (C=O) groups is 1. The van der Waals surface area contributed by atoms with Crippen molar-refractivity contribution < 1.29 is 4.79 Å². The summed E-state index contributed by atoms with van der Waals surface area (Å²) in [7, 11) is 3.46. The van der Waals surface area contributed by atoms with Crippen LogP contribution >= 0.6 is 0 Å². The fourth-order valence-corrected chi connectivity index (χ4v) is 1.46. The van der Waals surface area contributed by atoms with Gasteiger partial charge in [0.25, 0.3) is 5.91 Å². The molecule has 1 N–H and O–H groups in total.